The zero-order valence-corrected chi connectivity index (χ0v) is 33.4. The van der Waals surface area contributed by atoms with E-state index < -0.39 is 24.3 Å². The standard InChI is InChI=1S/C42H48N10O7/c1-23(2)35(49-41(55)57-3)39(53)52-16-6-8-34(52)38-46-28-14-13-26(17-29(28)47-38)31-19-43-30(18-44-31)24-9-11-25(12-10-24)32-20-45-37(48-32)33-7-5-15-51(33)40(54)36(27-21-59-22-27)50-42(56)58-4/h9-14,17-20,23,27,33-36H,5-8,15-16,21-22H2,1-4H3,(H,45,48)(H,46,47)(H,49,55)(H,50,56)/t33-,34-,35-,36-/m0/s1. The van der Waals surface area contributed by atoms with E-state index >= 15 is 0 Å². The monoisotopic (exact) mass is 804 g/mol. The van der Waals surface area contributed by atoms with Gasteiger partial charge in [-0.2, -0.15) is 0 Å². The summed E-state index contributed by atoms with van der Waals surface area (Å²) in [6.45, 7) is 5.75. The van der Waals surface area contributed by atoms with E-state index in [0.717, 1.165) is 64.8 Å². The lowest BCUT2D eigenvalue weighted by atomic mass is 9.96. The Balaban J connectivity index is 0.928. The lowest BCUT2D eigenvalue weighted by Crippen LogP contribution is -2.56. The molecule has 3 aromatic heterocycles. The average molecular weight is 805 g/mol. The summed E-state index contributed by atoms with van der Waals surface area (Å²) in [5.41, 5.74) is 6.54. The average Bonchev–Trinajstić information content (AvgIpc) is 4.07. The first-order valence-corrected chi connectivity index (χ1v) is 20.0. The predicted octanol–water partition coefficient (Wildman–Crippen LogP) is 5.16. The molecule has 17 heteroatoms. The summed E-state index contributed by atoms with van der Waals surface area (Å²) in [6, 6.07) is 11.9. The number of ether oxygens (including phenoxy) is 3. The van der Waals surface area contributed by atoms with Gasteiger partial charge in [0.05, 0.1) is 86.2 Å². The second-order valence-corrected chi connectivity index (χ2v) is 15.5. The number of carbonyl (C=O) groups is 4. The maximum absolute atomic E-state index is 13.7. The molecule has 4 N–H and O–H groups in total. The summed E-state index contributed by atoms with van der Waals surface area (Å²) in [7, 11) is 2.57. The molecule has 2 aromatic carbocycles. The Bertz CT molecular complexity index is 2320. The highest BCUT2D eigenvalue weighted by molar-refractivity contribution is 5.88. The first kappa shape index (κ1) is 39.5. The lowest BCUT2D eigenvalue weighted by Gasteiger charge is -2.36. The summed E-state index contributed by atoms with van der Waals surface area (Å²) in [5.74, 6) is 0.859. The molecule has 0 saturated carbocycles. The minimum absolute atomic E-state index is 0.104. The van der Waals surface area contributed by atoms with Crippen molar-refractivity contribution in [2.24, 2.45) is 11.8 Å². The highest BCUT2D eigenvalue weighted by Crippen LogP contribution is 2.35. The van der Waals surface area contributed by atoms with Crippen LogP contribution < -0.4 is 10.6 Å². The molecule has 308 valence electrons. The van der Waals surface area contributed by atoms with E-state index in [-0.39, 0.29) is 35.7 Å². The maximum atomic E-state index is 13.7. The van der Waals surface area contributed by atoms with Crippen LogP contribution in [-0.2, 0) is 23.8 Å². The van der Waals surface area contributed by atoms with Crippen molar-refractivity contribution in [3.8, 4) is 33.8 Å². The van der Waals surface area contributed by atoms with Gasteiger partial charge in [0.15, 0.2) is 0 Å². The number of hydrogen-bond acceptors (Lipinski definition) is 11. The molecule has 4 amide bonds. The van der Waals surface area contributed by atoms with E-state index in [2.05, 4.69) is 25.6 Å². The molecule has 0 radical (unpaired) electrons. The first-order valence-electron chi connectivity index (χ1n) is 20.0. The number of aromatic nitrogens is 6. The summed E-state index contributed by atoms with van der Waals surface area (Å²) >= 11 is 0. The van der Waals surface area contributed by atoms with E-state index in [1.807, 2.05) is 56.3 Å². The Morgan fingerprint density at radius 3 is 1.98 bits per heavy atom. The molecule has 59 heavy (non-hydrogen) atoms. The van der Waals surface area contributed by atoms with Crippen molar-refractivity contribution in [1.82, 2.24) is 50.3 Å². The molecule has 3 aliphatic heterocycles. The Morgan fingerprint density at radius 2 is 1.36 bits per heavy atom. The van der Waals surface area contributed by atoms with Crippen LogP contribution in [-0.4, -0.2) is 116 Å². The van der Waals surface area contributed by atoms with Crippen LogP contribution in [0, 0.1) is 11.8 Å². The highest BCUT2D eigenvalue weighted by Gasteiger charge is 2.42. The minimum Gasteiger partial charge on any atom is -0.453 e. The van der Waals surface area contributed by atoms with Gasteiger partial charge in [-0.15, -0.1) is 0 Å². The molecule has 0 bridgehead atoms. The largest absolute Gasteiger partial charge is 0.453 e. The van der Waals surface area contributed by atoms with Gasteiger partial charge in [0.2, 0.25) is 11.8 Å². The van der Waals surface area contributed by atoms with E-state index in [1.165, 1.54) is 14.2 Å². The smallest absolute Gasteiger partial charge is 0.407 e. The van der Waals surface area contributed by atoms with E-state index in [0.29, 0.717) is 43.6 Å². The van der Waals surface area contributed by atoms with Crippen LogP contribution in [0.1, 0.15) is 63.3 Å². The molecule has 8 rings (SSSR count). The summed E-state index contributed by atoms with van der Waals surface area (Å²) in [6.07, 6.45) is 7.18. The van der Waals surface area contributed by atoms with Gasteiger partial charge in [-0.3, -0.25) is 19.6 Å². The van der Waals surface area contributed by atoms with Crippen molar-refractivity contribution in [2.45, 2.75) is 63.7 Å². The Morgan fingerprint density at radius 1 is 0.746 bits per heavy atom. The summed E-state index contributed by atoms with van der Waals surface area (Å²) < 4.78 is 14.9. The fourth-order valence-electron chi connectivity index (χ4n) is 8.15. The molecular formula is C42H48N10O7. The molecular weight excluding hydrogens is 757 g/mol. The number of amides is 4. The van der Waals surface area contributed by atoms with E-state index in [4.69, 9.17) is 29.2 Å². The van der Waals surface area contributed by atoms with E-state index in [1.54, 1.807) is 28.4 Å². The number of hydrogen-bond donors (Lipinski definition) is 4. The van der Waals surface area contributed by atoms with Crippen LogP contribution in [0.15, 0.2) is 61.1 Å². The van der Waals surface area contributed by atoms with Crippen LogP contribution in [0.2, 0.25) is 0 Å². The number of rotatable bonds is 11. The number of likely N-dealkylation sites (tertiary alicyclic amines) is 2. The second kappa shape index (κ2) is 16.9. The molecule has 0 unspecified atom stereocenters. The molecule has 6 heterocycles. The number of nitrogens with zero attached hydrogens (tertiary/aromatic N) is 6. The molecule has 17 nitrogen and oxygen atoms in total. The van der Waals surface area contributed by atoms with Gasteiger partial charge in [-0.1, -0.05) is 44.2 Å². The zero-order valence-electron chi connectivity index (χ0n) is 33.4. The minimum atomic E-state index is -0.721. The summed E-state index contributed by atoms with van der Waals surface area (Å²) in [4.78, 5) is 80.8. The Labute approximate surface area is 340 Å². The van der Waals surface area contributed by atoms with Crippen molar-refractivity contribution < 1.29 is 33.4 Å². The number of aromatic amines is 2. The number of carbonyl (C=O) groups excluding carboxylic acids is 4. The molecule has 3 fully saturated rings. The van der Waals surface area contributed by atoms with Crippen molar-refractivity contribution in [2.75, 3.05) is 40.5 Å². The highest BCUT2D eigenvalue weighted by atomic mass is 16.5. The molecule has 3 aliphatic rings. The molecule has 5 aromatic rings. The number of methoxy groups -OCH3 is 2. The predicted molar refractivity (Wildman–Crippen MR) is 215 cm³/mol. The van der Waals surface area contributed by atoms with Gasteiger partial charge in [-0.05, 0) is 49.3 Å². The van der Waals surface area contributed by atoms with Gasteiger partial charge in [0.1, 0.15) is 23.7 Å². The van der Waals surface area contributed by atoms with E-state index in [9.17, 15) is 19.2 Å². The third-order valence-electron chi connectivity index (χ3n) is 11.5. The molecule has 4 atom stereocenters. The van der Waals surface area contributed by atoms with Crippen LogP contribution >= 0.6 is 0 Å². The Hall–Kier alpha value is -6.36. The number of H-pyrrole nitrogens is 2. The van der Waals surface area contributed by atoms with Gasteiger partial charge < -0.3 is 44.6 Å². The third kappa shape index (κ3) is 8.06. The van der Waals surface area contributed by atoms with Crippen LogP contribution in [0.25, 0.3) is 44.8 Å². The Kier molecular flexibility index (Phi) is 11.3. The number of imidazole rings is 2. The van der Waals surface area contributed by atoms with Crippen molar-refractivity contribution in [1.29, 1.82) is 0 Å². The van der Waals surface area contributed by atoms with Gasteiger partial charge in [-0.25, -0.2) is 19.6 Å². The lowest BCUT2D eigenvalue weighted by molar-refractivity contribution is -0.142. The van der Waals surface area contributed by atoms with Crippen molar-refractivity contribution in [3.05, 3.63) is 72.7 Å². The fourth-order valence-corrected chi connectivity index (χ4v) is 8.15. The van der Waals surface area contributed by atoms with Crippen molar-refractivity contribution in [3.63, 3.8) is 0 Å². The SMILES string of the molecule is COC(=O)N[C@H](C(=O)N1CCC[C@H]1c1nc2ccc(-c3cnc(-c4ccc(-c5cnc([C@@H]6CCCN6C(=O)[C@@H](NC(=O)OC)C6COC6)[nH]5)cc4)cn3)cc2[nH]1)C(C)C. The van der Waals surface area contributed by atoms with Crippen LogP contribution in [0.3, 0.4) is 0 Å². The maximum Gasteiger partial charge on any atom is 0.407 e. The zero-order chi connectivity index (χ0) is 41.2. The quantitative estimate of drug-likeness (QED) is 0.137. The van der Waals surface area contributed by atoms with Crippen LogP contribution in [0.5, 0.6) is 0 Å². The number of fused-ring (bicyclic) bond motifs is 1. The van der Waals surface area contributed by atoms with Crippen LogP contribution in [0.4, 0.5) is 9.59 Å². The summed E-state index contributed by atoms with van der Waals surface area (Å²) in [5, 5.41) is 5.40. The topological polar surface area (TPSA) is 210 Å². The normalized spacial score (nSPS) is 19.1. The number of alkyl carbamates (subject to hydrolysis) is 2. The fraction of sp³-hybridized carbons (Fsp3) is 0.429. The molecule has 0 spiro atoms. The van der Waals surface area contributed by atoms with Crippen molar-refractivity contribution >= 4 is 35.0 Å². The first-order chi connectivity index (χ1) is 28.6. The molecule has 3 saturated heterocycles. The van der Waals surface area contributed by atoms with Gasteiger partial charge in [0, 0.05) is 30.1 Å². The van der Waals surface area contributed by atoms with Gasteiger partial charge in [0.25, 0.3) is 0 Å². The van der Waals surface area contributed by atoms with Gasteiger partial charge >= 0.3 is 12.2 Å². The number of nitrogens with one attached hydrogen (secondary N) is 4. The second-order valence-electron chi connectivity index (χ2n) is 15.5. The number of benzene rings is 2. The molecule has 0 aliphatic carbocycles. The third-order valence-corrected chi connectivity index (χ3v) is 11.5.